The molecule has 0 rings (SSSR count). The zero-order valence-electron chi connectivity index (χ0n) is 8.95. The van der Waals surface area contributed by atoms with Gasteiger partial charge in [-0.05, 0) is 12.8 Å². The zero-order chi connectivity index (χ0) is 11.0. The van der Waals surface area contributed by atoms with Crippen LogP contribution in [0.15, 0.2) is 5.16 Å². The molecular weight excluding hydrogens is 182 g/mol. The molecule has 0 aromatic carbocycles. The van der Waals surface area contributed by atoms with E-state index in [0.717, 1.165) is 12.8 Å². The van der Waals surface area contributed by atoms with Crippen LogP contribution in [0, 0.1) is 0 Å². The van der Waals surface area contributed by atoms with E-state index in [9.17, 15) is 5.11 Å². The summed E-state index contributed by atoms with van der Waals surface area (Å²) in [5, 5.41) is 23.7. The van der Waals surface area contributed by atoms with Gasteiger partial charge < -0.3 is 21.4 Å². The average Bonchev–Trinajstić information content (AvgIpc) is 2.25. The van der Waals surface area contributed by atoms with Crippen molar-refractivity contribution in [2.75, 3.05) is 13.2 Å². The number of nitrogens with one attached hydrogen (secondary N) is 1. The first-order chi connectivity index (χ1) is 6.64. The number of nitrogens with zero attached hydrogens (tertiary/aromatic N) is 1. The van der Waals surface area contributed by atoms with Gasteiger partial charge in [-0.2, -0.15) is 0 Å². The average molecular weight is 203 g/mol. The maximum absolute atomic E-state index is 9.23. The summed E-state index contributed by atoms with van der Waals surface area (Å²) in [6.07, 6.45) is 2.20. The molecular formula is C9H21N3O2. The summed E-state index contributed by atoms with van der Waals surface area (Å²) >= 11 is 0. The number of rotatable bonds is 7. The van der Waals surface area contributed by atoms with Crippen LogP contribution in [0.5, 0.6) is 0 Å². The van der Waals surface area contributed by atoms with E-state index in [2.05, 4.69) is 10.5 Å². The lowest BCUT2D eigenvalue weighted by Gasteiger charge is -2.30. The second-order valence-corrected chi connectivity index (χ2v) is 3.41. The molecule has 0 radical (unpaired) electrons. The molecule has 5 N–H and O–H groups in total. The van der Waals surface area contributed by atoms with Gasteiger partial charge in [-0.25, -0.2) is 0 Å². The van der Waals surface area contributed by atoms with Gasteiger partial charge >= 0.3 is 0 Å². The van der Waals surface area contributed by atoms with Gasteiger partial charge in [0.15, 0.2) is 0 Å². The topological polar surface area (TPSA) is 90.9 Å². The normalized spacial score (nSPS) is 13.2. The predicted molar refractivity (Wildman–Crippen MR) is 56.4 cm³/mol. The molecule has 0 aromatic rings. The molecule has 0 aromatic heterocycles. The van der Waals surface area contributed by atoms with E-state index in [4.69, 9.17) is 10.9 Å². The number of aliphatic hydroxyl groups excluding tert-OH is 1. The molecule has 0 fully saturated rings. The Morgan fingerprint density at radius 2 is 2.00 bits per heavy atom. The molecule has 0 saturated carbocycles. The van der Waals surface area contributed by atoms with Gasteiger partial charge in [0, 0.05) is 18.5 Å². The van der Waals surface area contributed by atoms with Crippen LogP contribution in [0.3, 0.4) is 0 Å². The van der Waals surface area contributed by atoms with Gasteiger partial charge in [0.25, 0.3) is 0 Å². The summed E-state index contributed by atoms with van der Waals surface area (Å²) in [4.78, 5) is 0. The molecule has 0 unspecified atom stereocenters. The lowest BCUT2D eigenvalue weighted by Crippen LogP contribution is -2.48. The minimum atomic E-state index is -0.226. The summed E-state index contributed by atoms with van der Waals surface area (Å²) in [6.45, 7) is 4.76. The summed E-state index contributed by atoms with van der Waals surface area (Å²) in [5.74, 6) is 0.205. The summed E-state index contributed by atoms with van der Waals surface area (Å²) in [6, 6.07) is 0. The van der Waals surface area contributed by atoms with Crippen molar-refractivity contribution in [3.63, 3.8) is 0 Å². The maximum atomic E-state index is 9.23. The van der Waals surface area contributed by atoms with Crippen molar-refractivity contribution in [1.29, 1.82) is 0 Å². The first-order valence-electron chi connectivity index (χ1n) is 4.96. The number of nitrogens with two attached hydrogens (primary N) is 1. The number of amidine groups is 1. The van der Waals surface area contributed by atoms with Crippen LogP contribution in [0.1, 0.15) is 33.1 Å². The Labute approximate surface area is 85.0 Å². The van der Waals surface area contributed by atoms with E-state index in [1.165, 1.54) is 0 Å². The Morgan fingerprint density at radius 1 is 1.43 bits per heavy atom. The second-order valence-electron chi connectivity index (χ2n) is 3.41. The van der Waals surface area contributed by atoms with Crippen LogP contribution < -0.4 is 11.1 Å². The van der Waals surface area contributed by atoms with Crippen molar-refractivity contribution in [2.45, 2.75) is 38.6 Å². The van der Waals surface area contributed by atoms with Gasteiger partial charge in [-0.15, -0.1) is 0 Å². The van der Waals surface area contributed by atoms with Crippen molar-refractivity contribution in [3.8, 4) is 0 Å². The molecule has 5 heteroatoms. The van der Waals surface area contributed by atoms with E-state index in [1.54, 1.807) is 0 Å². The van der Waals surface area contributed by atoms with Crippen molar-refractivity contribution in [1.82, 2.24) is 5.32 Å². The van der Waals surface area contributed by atoms with Crippen molar-refractivity contribution in [2.24, 2.45) is 10.9 Å². The Bertz CT molecular complexity index is 171. The van der Waals surface area contributed by atoms with E-state index < -0.39 is 0 Å². The Kier molecular flexibility index (Phi) is 6.23. The van der Waals surface area contributed by atoms with Crippen LogP contribution >= 0.6 is 0 Å². The fraction of sp³-hybridized carbons (Fsp3) is 0.889. The molecule has 0 atom stereocenters. The van der Waals surface area contributed by atoms with Gasteiger partial charge in [0.2, 0.25) is 0 Å². The smallest absolute Gasteiger partial charge is 0.140 e. The van der Waals surface area contributed by atoms with Gasteiger partial charge in [-0.3, -0.25) is 0 Å². The van der Waals surface area contributed by atoms with Crippen LogP contribution in [-0.4, -0.2) is 34.8 Å². The largest absolute Gasteiger partial charge is 0.409 e. The quantitative estimate of drug-likeness (QED) is 0.207. The molecule has 0 aliphatic carbocycles. The maximum Gasteiger partial charge on any atom is 0.140 e. The SMILES string of the molecule is CCC(CC)(CO)NCCC(N)=NO. The minimum absolute atomic E-state index is 0.107. The van der Waals surface area contributed by atoms with Gasteiger partial charge in [0.05, 0.1) is 6.61 Å². The third-order valence-corrected chi connectivity index (χ3v) is 2.67. The van der Waals surface area contributed by atoms with E-state index in [1.807, 2.05) is 13.8 Å². The first kappa shape index (κ1) is 13.2. The third-order valence-electron chi connectivity index (χ3n) is 2.67. The zero-order valence-corrected chi connectivity index (χ0v) is 8.95. The lowest BCUT2D eigenvalue weighted by molar-refractivity contribution is 0.152. The lowest BCUT2D eigenvalue weighted by atomic mass is 9.94. The summed E-state index contributed by atoms with van der Waals surface area (Å²) in [5.41, 5.74) is 5.10. The molecule has 0 saturated heterocycles. The van der Waals surface area contributed by atoms with Crippen LogP contribution in [0.25, 0.3) is 0 Å². The Balaban J connectivity index is 3.94. The van der Waals surface area contributed by atoms with Crippen molar-refractivity contribution in [3.05, 3.63) is 0 Å². The molecule has 0 bridgehead atoms. The Hall–Kier alpha value is -0.810. The second kappa shape index (κ2) is 6.62. The molecule has 0 spiro atoms. The van der Waals surface area contributed by atoms with E-state index in [0.29, 0.717) is 13.0 Å². The highest BCUT2D eigenvalue weighted by Crippen LogP contribution is 2.13. The van der Waals surface area contributed by atoms with Crippen molar-refractivity contribution >= 4 is 5.84 Å². The molecule has 0 aliphatic rings. The number of aliphatic hydroxyl groups is 1. The van der Waals surface area contributed by atoms with Crippen LogP contribution in [0.4, 0.5) is 0 Å². The molecule has 84 valence electrons. The molecule has 5 nitrogen and oxygen atoms in total. The Morgan fingerprint density at radius 3 is 2.36 bits per heavy atom. The highest BCUT2D eigenvalue weighted by Gasteiger charge is 2.23. The highest BCUT2D eigenvalue weighted by atomic mass is 16.4. The van der Waals surface area contributed by atoms with Gasteiger partial charge in [0.1, 0.15) is 5.84 Å². The number of hydrogen-bond acceptors (Lipinski definition) is 4. The fourth-order valence-corrected chi connectivity index (χ4v) is 1.29. The molecule has 0 heterocycles. The predicted octanol–water partition coefficient (Wildman–Crippen LogP) is 0.264. The first-order valence-corrected chi connectivity index (χ1v) is 4.96. The molecule has 0 aliphatic heterocycles. The van der Waals surface area contributed by atoms with Gasteiger partial charge in [-0.1, -0.05) is 19.0 Å². The molecule has 14 heavy (non-hydrogen) atoms. The summed E-state index contributed by atoms with van der Waals surface area (Å²) < 4.78 is 0. The number of oxime groups is 1. The number of hydrogen-bond donors (Lipinski definition) is 4. The van der Waals surface area contributed by atoms with Crippen LogP contribution in [0.2, 0.25) is 0 Å². The monoisotopic (exact) mass is 203 g/mol. The fourth-order valence-electron chi connectivity index (χ4n) is 1.29. The standard InChI is InChI=1S/C9H21N3O2/c1-3-9(4-2,7-13)11-6-5-8(10)12-14/h11,13-14H,3-7H2,1-2H3,(H2,10,12). The van der Waals surface area contributed by atoms with E-state index >= 15 is 0 Å². The minimum Gasteiger partial charge on any atom is -0.409 e. The highest BCUT2D eigenvalue weighted by molar-refractivity contribution is 5.79. The molecule has 0 amide bonds. The summed E-state index contributed by atoms with van der Waals surface area (Å²) in [7, 11) is 0. The third kappa shape index (κ3) is 3.93. The van der Waals surface area contributed by atoms with E-state index in [-0.39, 0.29) is 18.0 Å². The van der Waals surface area contributed by atoms with Crippen LogP contribution in [-0.2, 0) is 0 Å². The van der Waals surface area contributed by atoms with Crippen molar-refractivity contribution < 1.29 is 10.3 Å².